The predicted molar refractivity (Wildman–Crippen MR) is 42.6 cm³/mol. The summed E-state index contributed by atoms with van der Waals surface area (Å²) in [7, 11) is 1.41. The molecule has 0 spiro atoms. The van der Waals surface area contributed by atoms with Crippen LogP contribution in [-0.2, 0) is 4.79 Å². The Balaban J connectivity index is 3.06. The third-order valence-corrected chi connectivity index (χ3v) is 2.34. The van der Waals surface area contributed by atoms with E-state index in [9.17, 15) is 9.59 Å². The van der Waals surface area contributed by atoms with Gasteiger partial charge in [-0.15, -0.1) is 0 Å². The summed E-state index contributed by atoms with van der Waals surface area (Å²) in [5.41, 5.74) is -0.909. The Bertz CT molecular complexity index is 231. The zero-order valence-corrected chi connectivity index (χ0v) is 7.34. The number of amides is 3. The van der Waals surface area contributed by atoms with Crippen LogP contribution >= 0.6 is 11.8 Å². The largest absolute Gasteiger partial charge is 0.329 e. The van der Waals surface area contributed by atoms with Crippen molar-refractivity contribution in [3.05, 3.63) is 0 Å². The lowest BCUT2D eigenvalue weighted by Gasteiger charge is -2.19. The molecule has 0 radical (unpaired) electrons. The van der Waals surface area contributed by atoms with Gasteiger partial charge in [0, 0.05) is 11.8 Å². The number of hydrogen-bond donors (Lipinski definition) is 0. The minimum atomic E-state index is -0.909. The molecule has 0 aromatic rings. The maximum atomic E-state index is 11.2. The van der Waals surface area contributed by atoms with Crippen LogP contribution in [0.15, 0.2) is 0 Å². The van der Waals surface area contributed by atoms with Crippen molar-refractivity contribution in [2.75, 3.05) is 0 Å². The molecular weight excluding hydrogens is 166 g/mol. The molecule has 1 rings (SSSR count). The fourth-order valence-corrected chi connectivity index (χ4v) is 1.14. The zero-order valence-electron chi connectivity index (χ0n) is 6.59. The first-order valence-corrected chi connectivity index (χ1v) is 3.51. The third-order valence-electron chi connectivity index (χ3n) is 1.77. The first kappa shape index (κ1) is 8.39. The van der Waals surface area contributed by atoms with Crippen molar-refractivity contribution in [3.63, 3.8) is 0 Å². The van der Waals surface area contributed by atoms with Gasteiger partial charge in [0.25, 0.3) is 0 Å². The normalized spacial score (nSPS) is 23.2. The van der Waals surface area contributed by atoms with E-state index in [1.165, 1.54) is 7.98 Å². The predicted octanol–water partition coefficient (Wildman–Crippen LogP) is -0.269. The maximum absolute atomic E-state index is 11.2. The molecule has 1 saturated heterocycles. The monoisotopic (exact) mass is 174 g/mol. The topological polar surface area (TPSA) is 40.6 Å². The summed E-state index contributed by atoms with van der Waals surface area (Å²) >= 11 is 5.57. The van der Waals surface area contributed by atoms with Crippen molar-refractivity contribution >= 4 is 31.7 Å². The molecular formula is C5H8BClN2O2. The quantitative estimate of drug-likeness (QED) is 0.288. The minimum absolute atomic E-state index is 0.280. The second-order valence-electron chi connectivity index (χ2n) is 2.99. The van der Waals surface area contributed by atoms with Crippen LogP contribution in [0.2, 0.25) is 0 Å². The second-order valence-corrected chi connectivity index (χ2v) is 3.32. The number of nitrogens with zero attached hydrogens (tertiary/aromatic N) is 2. The number of imide groups is 1. The number of carbonyl (C=O) groups is 2. The molecule has 11 heavy (non-hydrogen) atoms. The summed E-state index contributed by atoms with van der Waals surface area (Å²) in [6.45, 7) is 3.20. The molecule has 1 aliphatic heterocycles. The molecule has 0 aromatic carbocycles. The van der Waals surface area contributed by atoms with Crippen LogP contribution < -0.4 is 0 Å². The molecule has 0 unspecified atom stereocenters. The molecule has 0 N–H and O–H groups in total. The number of halogens is 1. The fourth-order valence-electron chi connectivity index (χ4n) is 0.952. The molecule has 0 saturated carbocycles. The molecule has 1 aliphatic rings. The number of urea groups is 1. The van der Waals surface area contributed by atoms with E-state index >= 15 is 0 Å². The highest BCUT2D eigenvalue weighted by Crippen LogP contribution is 2.27. The first-order valence-electron chi connectivity index (χ1n) is 3.17. The molecule has 0 bridgehead atoms. The Hall–Kier alpha value is -0.705. The summed E-state index contributed by atoms with van der Waals surface area (Å²) in [5.74, 6) is -0.280. The van der Waals surface area contributed by atoms with Gasteiger partial charge in [-0.1, -0.05) is 0 Å². The second kappa shape index (κ2) is 2.14. The Kier molecular flexibility index (Phi) is 1.63. The van der Waals surface area contributed by atoms with Gasteiger partial charge in [0.2, 0.25) is 13.9 Å². The summed E-state index contributed by atoms with van der Waals surface area (Å²) in [6, 6.07) is -0.471. The van der Waals surface area contributed by atoms with E-state index < -0.39 is 11.6 Å². The molecule has 0 atom stereocenters. The van der Waals surface area contributed by atoms with Crippen molar-refractivity contribution in [1.82, 2.24) is 9.23 Å². The van der Waals surface area contributed by atoms with Crippen molar-refractivity contribution in [2.45, 2.75) is 19.4 Å². The van der Waals surface area contributed by atoms with E-state index in [4.69, 9.17) is 11.8 Å². The van der Waals surface area contributed by atoms with E-state index in [2.05, 4.69) is 0 Å². The summed E-state index contributed by atoms with van der Waals surface area (Å²) < 4.78 is 0.912. The van der Waals surface area contributed by atoms with Gasteiger partial charge in [-0.2, -0.15) is 0 Å². The minimum Gasteiger partial charge on any atom is -0.316 e. The Morgan fingerprint density at radius 1 is 1.45 bits per heavy atom. The van der Waals surface area contributed by atoms with Gasteiger partial charge in [0.15, 0.2) is 0 Å². The standard InChI is InChI=1S/C5H8BClN2O2/c1-5(2)3(10)8(6)4(11)9(5)7/h6H2,1-2H3. The van der Waals surface area contributed by atoms with Gasteiger partial charge >= 0.3 is 6.03 Å². The molecule has 3 amide bonds. The molecule has 0 aliphatic carbocycles. The number of rotatable bonds is 0. The average molecular weight is 174 g/mol. The molecule has 6 heteroatoms. The van der Waals surface area contributed by atoms with Crippen molar-refractivity contribution < 1.29 is 9.59 Å². The van der Waals surface area contributed by atoms with Gasteiger partial charge < -0.3 is 4.81 Å². The van der Waals surface area contributed by atoms with E-state index in [0.717, 1.165) is 9.23 Å². The highest BCUT2D eigenvalue weighted by molar-refractivity contribution is 6.36. The number of hydrogen-bond acceptors (Lipinski definition) is 2. The lowest BCUT2D eigenvalue weighted by Crippen LogP contribution is -2.38. The molecule has 4 nitrogen and oxygen atoms in total. The lowest BCUT2D eigenvalue weighted by atomic mass is 10.1. The van der Waals surface area contributed by atoms with Crippen LogP contribution in [-0.4, -0.2) is 34.7 Å². The van der Waals surface area contributed by atoms with Crippen LogP contribution in [0.4, 0.5) is 4.79 Å². The van der Waals surface area contributed by atoms with Gasteiger partial charge in [0.1, 0.15) is 5.54 Å². The molecule has 60 valence electrons. The van der Waals surface area contributed by atoms with E-state index in [1.807, 2.05) is 0 Å². The number of carbonyl (C=O) groups excluding carboxylic acids is 2. The van der Waals surface area contributed by atoms with E-state index in [-0.39, 0.29) is 5.91 Å². The third kappa shape index (κ3) is 0.912. The van der Waals surface area contributed by atoms with E-state index in [1.54, 1.807) is 13.8 Å². The van der Waals surface area contributed by atoms with Crippen LogP contribution in [0.25, 0.3) is 0 Å². The summed E-state index contributed by atoms with van der Waals surface area (Å²) in [5, 5.41) is 0. The van der Waals surface area contributed by atoms with Crippen molar-refractivity contribution in [1.29, 1.82) is 0 Å². The molecule has 1 heterocycles. The molecule has 1 fully saturated rings. The first-order chi connectivity index (χ1) is 4.89. The van der Waals surface area contributed by atoms with E-state index in [0.29, 0.717) is 0 Å². The fraction of sp³-hybridized carbons (Fsp3) is 0.600. The lowest BCUT2D eigenvalue weighted by molar-refractivity contribution is -0.127. The van der Waals surface area contributed by atoms with Crippen molar-refractivity contribution in [3.8, 4) is 0 Å². The van der Waals surface area contributed by atoms with Crippen molar-refractivity contribution in [2.24, 2.45) is 0 Å². The van der Waals surface area contributed by atoms with Gasteiger partial charge in [-0.25, -0.2) is 9.21 Å². The van der Waals surface area contributed by atoms with Crippen LogP contribution in [0.5, 0.6) is 0 Å². The maximum Gasteiger partial charge on any atom is 0.329 e. The Morgan fingerprint density at radius 3 is 2.00 bits per heavy atom. The zero-order chi connectivity index (χ0) is 8.81. The Morgan fingerprint density at radius 2 is 1.91 bits per heavy atom. The molecule has 0 aromatic heterocycles. The summed E-state index contributed by atoms with van der Waals surface area (Å²) in [4.78, 5) is 23.3. The van der Waals surface area contributed by atoms with Crippen LogP contribution in [0.1, 0.15) is 13.8 Å². The average Bonchev–Trinajstić information content (AvgIpc) is 2.06. The summed E-state index contributed by atoms with van der Waals surface area (Å²) in [6.07, 6.45) is 0. The Labute approximate surface area is 70.6 Å². The van der Waals surface area contributed by atoms with Crippen LogP contribution in [0.3, 0.4) is 0 Å². The van der Waals surface area contributed by atoms with Gasteiger partial charge in [-0.05, 0) is 13.8 Å². The van der Waals surface area contributed by atoms with Crippen LogP contribution in [0, 0.1) is 0 Å². The van der Waals surface area contributed by atoms with Gasteiger partial charge in [-0.3, -0.25) is 4.79 Å². The smallest absolute Gasteiger partial charge is 0.316 e. The highest BCUT2D eigenvalue weighted by atomic mass is 35.5. The van der Waals surface area contributed by atoms with Gasteiger partial charge in [0.05, 0.1) is 0 Å². The highest BCUT2D eigenvalue weighted by Gasteiger charge is 2.48. The SMILES string of the molecule is BN1C(=O)N(Cl)C(C)(C)C1=O.